The van der Waals surface area contributed by atoms with Crippen LogP contribution in [0.1, 0.15) is 74.9 Å². The van der Waals surface area contributed by atoms with Crippen molar-refractivity contribution < 1.29 is 0 Å². The molecule has 3 nitrogen and oxygen atoms in total. The molecule has 18 aromatic carbocycles. The van der Waals surface area contributed by atoms with E-state index in [1.165, 1.54) is 243 Å². The molecule has 4 aliphatic rings. The van der Waals surface area contributed by atoms with Gasteiger partial charge in [0.05, 0.1) is 44.9 Å². The van der Waals surface area contributed by atoms with E-state index in [1.54, 1.807) is 0 Å². The number of fused-ring (bicyclic) bond motifs is 35. The summed E-state index contributed by atoms with van der Waals surface area (Å²) in [4.78, 5) is 0. The number of benzene rings is 18. The van der Waals surface area contributed by atoms with Gasteiger partial charge in [0.2, 0.25) is 0 Å². The molecule has 0 N–H and O–H groups in total. The van der Waals surface area contributed by atoms with Crippen molar-refractivity contribution in [1.29, 1.82) is 0 Å². The Bertz CT molecular complexity index is 8390. The third-order valence-corrected chi connectivity index (χ3v) is 31.2. The Morgan fingerprint density at radius 1 is 0.237 bits per heavy atom. The van der Waals surface area contributed by atoms with Gasteiger partial charge in [0.1, 0.15) is 5.69 Å². The molecule has 1 aliphatic heterocycles. The summed E-state index contributed by atoms with van der Waals surface area (Å²) in [6, 6.07) is 129. The van der Waals surface area contributed by atoms with Gasteiger partial charge in [-0.2, -0.15) is 0 Å². The summed E-state index contributed by atoms with van der Waals surface area (Å²) in [5.74, 6) is 0. The van der Waals surface area contributed by atoms with E-state index >= 15 is 0 Å². The molecule has 0 amide bonds. The van der Waals surface area contributed by atoms with Crippen molar-refractivity contribution in [3.05, 3.63) is 379 Å². The number of nitrogens with zero attached hydrogens (tertiary/aromatic N) is 3. The molecule has 0 saturated carbocycles. The fourth-order valence-electron chi connectivity index (χ4n) is 21.9. The molecule has 6 heteroatoms. The van der Waals surface area contributed by atoms with Crippen molar-refractivity contribution in [2.45, 2.75) is 57.8 Å². The van der Waals surface area contributed by atoms with Gasteiger partial charge in [0, 0.05) is 135 Å². The van der Waals surface area contributed by atoms with Gasteiger partial charge in [0.25, 0.3) is 0 Å². The first-order chi connectivity index (χ1) is 57.7. The van der Waals surface area contributed by atoms with Gasteiger partial charge in [-0.1, -0.05) is 290 Å². The minimum Gasteiger partial charge on any atom is -0.309 e. The predicted octanol–water partition coefficient (Wildman–Crippen LogP) is 32.3. The topological polar surface area (TPSA) is 9.86 Å². The fraction of sp³-hybridized carbons (Fsp3) is 0.0893. The van der Waals surface area contributed by atoms with Gasteiger partial charge in [-0.3, -0.25) is 0 Å². The third-order valence-electron chi connectivity index (χ3n) is 27.7. The summed E-state index contributed by atoms with van der Waals surface area (Å²) < 4.78 is 13.9. The lowest BCUT2D eigenvalue weighted by Gasteiger charge is -2.32. The predicted molar refractivity (Wildman–Crippen MR) is 511 cm³/mol. The third kappa shape index (κ3) is 9.26. The van der Waals surface area contributed by atoms with Crippen molar-refractivity contribution in [1.82, 2.24) is 13.6 Å². The fourth-order valence-corrected chi connectivity index (χ4v) is 25.6. The Morgan fingerprint density at radius 3 is 1.33 bits per heavy atom. The molecule has 1 atom stereocenters. The first kappa shape index (κ1) is 68.2. The summed E-state index contributed by atoms with van der Waals surface area (Å²) in [7, 11) is 2.40. The van der Waals surface area contributed by atoms with Crippen LogP contribution in [0.2, 0.25) is 0 Å². The summed E-state index contributed by atoms with van der Waals surface area (Å²) in [5.41, 5.74) is 30.9. The van der Waals surface area contributed by atoms with Gasteiger partial charge in [0.15, 0.2) is 11.4 Å². The molecule has 1 unspecified atom stereocenters. The molecule has 0 saturated heterocycles. The Labute approximate surface area is 695 Å². The number of para-hydroxylation sites is 1. The van der Waals surface area contributed by atoms with Crippen LogP contribution in [0.15, 0.2) is 346 Å². The van der Waals surface area contributed by atoms with Crippen LogP contribution >= 0.6 is 34.0 Å². The van der Waals surface area contributed by atoms with Crippen molar-refractivity contribution in [3.8, 4) is 55.9 Å². The number of hydrogen-bond acceptors (Lipinski definition) is 3. The summed E-state index contributed by atoms with van der Waals surface area (Å²) in [5, 5.41) is 21.3. The molecule has 118 heavy (non-hydrogen) atoms. The number of quaternary nitrogens is 1. The van der Waals surface area contributed by atoms with Crippen LogP contribution in [-0.4, -0.2) is 16.2 Å². The molecule has 0 bridgehead atoms. The van der Waals surface area contributed by atoms with E-state index in [4.69, 9.17) is 0 Å². The molecule has 5 aromatic heterocycles. The van der Waals surface area contributed by atoms with E-state index in [-0.39, 0.29) is 16.2 Å². The maximum atomic E-state index is 2.54. The number of aromatic nitrogens is 2. The largest absolute Gasteiger partial charge is 0.309 e. The number of hydrogen-bond donors (Lipinski definition) is 0. The molecule has 6 heterocycles. The smallest absolute Gasteiger partial charge is 0.151 e. The zero-order chi connectivity index (χ0) is 78.6. The maximum Gasteiger partial charge on any atom is 0.151 e. The Hall–Kier alpha value is -13.0. The van der Waals surface area contributed by atoms with Gasteiger partial charge in [-0.15, -0.1) is 34.0 Å². The van der Waals surface area contributed by atoms with Crippen LogP contribution in [0.5, 0.6) is 0 Å². The summed E-state index contributed by atoms with van der Waals surface area (Å²) in [6.45, 7) is 14.2. The SMILES string of the molecule is CC1(C)c2ccccc2-c2ccc(-n3c4ccc5ccccc5c4c4ccc5c6ccccc6sc5c43)cc21.CC1(C)c2ccccc2-c2ccc(-n3c4ccccc4c4c5sc6ccccc6c5c5ccccc5c43)cc21.CC1(C)c2ccccc2-c2ccc([N+]3(C)c4cc5ccccc5cc4-c4cc5sc6ccccc6c5cc43)cc21. The number of rotatable bonds is 3. The standard InChI is InChI=1S/C38H28NS.2C37H25NS/c1-38(2)32-14-8-6-12-26(32)27-17-16-25(20-33(27)38)39(3)34-19-24-11-5-4-10-23(24)18-29(34)30-22-37-31(21-35(30)39)28-13-7-9-15-36(28)40-37;1-37(2)29-16-8-5-11-23(29)24-20-19-22(21-30(24)37)38-31-17-9-6-14-27(31)34-35(38)26-13-4-3-12-25(26)33-28-15-7-10-18-32(28)39-36(33)34;1-37(2)30-13-7-5-11-25(30)26-17-16-23(21-31(26)37)38-32-20-15-22-9-3-4-10-24(22)34(32)29-19-18-28-27-12-6-8-14-33(27)39-36(28)35(29)38/h4-22H,1-3H3;2*3-21H,1-2H3/q+1;;. The van der Waals surface area contributed by atoms with E-state index < -0.39 is 0 Å². The zero-order valence-corrected chi connectivity index (χ0v) is 68.9. The molecule has 27 rings (SSSR count). The van der Waals surface area contributed by atoms with Gasteiger partial charge >= 0.3 is 0 Å². The van der Waals surface area contributed by atoms with Crippen molar-refractivity contribution >= 4 is 188 Å². The Balaban J connectivity index is 0.0000000986. The first-order valence-corrected chi connectivity index (χ1v) is 43.8. The second-order valence-corrected chi connectivity index (χ2v) is 38.0. The number of thiophene rings is 3. The molecular weight excluding hydrogens is 1480 g/mol. The second-order valence-electron chi connectivity index (χ2n) is 34.8. The van der Waals surface area contributed by atoms with Crippen molar-refractivity contribution in [2.24, 2.45) is 0 Å². The zero-order valence-electron chi connectivity index (χ0n) is 66.5. The first-order valence-electron chi connectivity index (χ1n) is 41.3. The average molecular weight is 1560 g/mol. The molecule has 0 fully saturated rings. The Kier molecular flexibility index (Phi) is 14.2. The normalized spacial score (nSPS) is 15.5. The van der Waals surface area contributed by atoms with Crippen molar-refractivity contribution in [2.75, 3.05) is 7.05 Å². The van der Waals surface area contributed by atoms with E-state index in [0.717, 1.165) is 0 Å². The summed E-state index contributed by atoms with van der Waals surface area (Å²) in [6.07, 6.45) is 0. The molecule has 558 valence electrons. The maximum absolute atomic E-state index is 2.54. The Morgan fingerprint density at radius 2 is 0.686 bits per heavy atom. The van der Waals surface area contributed by atoms with Crippen LogP contribution < -0.4 is 4.48 Å². The van der Waals surface area contributed by atoms with E-state index in [0.29, 0.717) is 4.48 Å². The van der Waals surface area contributed by atoms with E-state index in [1.807, 2.05) is 34.0 Å². The quantitative estimate of drug-likeness (QED) is 0.156. The van der Waals surface area contributed by atoms with Gasteiger partial charge < -0.3 is 9.13 Å². The average Bonchev–Trinajstić information content (AvgIpc) is 1.43. The van der Waals surface area contributed by atoms with Gasteiger partial charge in [-0.05, 0) is 166 Å². The minimum atomic E-state index is -0.0413. The summed E-state index contributed by atoms with van der Waals surface area (Å²) >= 11 is 5.75. The van der Waals surface area contributed by atoms with Crippen LogP contribution in [0.25, 0.3) is 192 Å². The minimum absolute atomic E-state index is 0.0383. The second kappa shape index (κ2) is 24.5. The van der Waals surface area contributed by atoms with Crippen LogP contribution in [0.4, 0.5) is 17.1 Å². The lowest BCUT2D eigenvalue weighted by atomic mass is 9.82. The molecule has 0 spiro atoms. The highest BCUT2D eigenvalue weighted by molar-refractivity contribution is 7.27. The van der Waals surface area contributed by atoms with E-state index in [9.17, 15) is 0 Å². The van der Waals surface area contributed by atoms with E-state index in [2.05, 4.69) is 404 Å². The lowest BCUT2D eigenvalue weighted by molar-refractivity contribution is 0.630. The highest BCUT2D eigenvalue weighted by Gasteiger charge is 2.46. The van der Waals surface area contributed by atoms with Crippen LogP contribution in [-0.2, 0) is 16.2 Å². The highest BCUT2D eigenvalue weighted by atomic mass is 32.1. The van der Waals surface area contributed by atoms with Crippen molar-refractivity contribution in [3.63, 3.8) is 0 Å². The molecule has 3 aliphatic carbocycles. The monoisotopic (exact) mass is 1560 g/mol. The lowest BCUT2D eigenvalue weighted by Crippen LogP contribution is -2.32. The van der Waals surface area contributed by atoms with Crippen LogP contribution in [0, 0.1) is 0 Å². The molecule has 0 radical (unpaired) electrons. The molecule has 23 aromatic rings. The molecular formula is C112H78N3S3+. The highest BCUT2D eigenvalue weighted by Crippen LogP contribution is 2.62. The van der Waals surface area contributed by atoms with Gasteiger partial charge in [-0.25, -0.2) is 4.48 Å². The van der Waals surface area contributed by atoms with Crippen LogP contribution in [0.3, 0.4) is 0 Å².